The zero-order chi connectivity index (χ0) is 14.2. The summed E-state index contributed by atoms with van der Waals surface area (Å²) in [6.45, 7) is 12.8. The van der Waals surface area contributed by atoms with E-state index in [0.717, 1.165) is 25.8 Å². The van der Waals surface area contributed by atoms with Crippen LogP contribution >= 0.6 is 0 Å². The first-order valence-electron chi connectivity index (χ1n) is 7.11. The molecule has 1 aromatic carbocycles. The van der Waals surface area contributed by atoms with E-state index < -0.39 is 0 Å². The lowest BCUT2D eigenvalue weighted by Gasteiger charge is -2.01. The maximum absolute atomic E-state index is 3.48. The molecular formula is C17H31N. The predicted molar refractivity (Wildman–Crippen MR) is 85.3 cm³/mol. The molecule has 0 fully saturated rings. The standard InChI is InChI=1S/C11H17N.C4H8.C2H6/c1-3-10-4-6-11(7-5-10)8-9-12-2;1-3-4-2;1-2/h4-7,12H,3,8-9H2,1-2H3;3H,1,4H2,2H3;1-2H3. The van der Waals surface area contributed by atoms with E-state index in [9.17, 15) is 0 Å². The van der Waals surface area contributed by atoms with Crippen LogP contribution in [0.3, 0.4) is 0 Å². The Hall–Kier alpha value is -1.08. The minimum atomic E-state index is 1.06. The molecule has 1 N–H and O–H groups in total. The maximum atomic E-state index is 3.48. The van der Waals surface area contributed by atoms with Gasteiger partial charge in [0.15, 0.2) is 0 Å². The lowest BCUT2D eigenvalue weighted by molar-refractivity contribution is 0.791. The summed E-state index contributed by atoms with van der Waals surface area (Å²) in [5.74, 6) is 0. The molecule has 0 bridgehead atoms. The van der Waals surface area contributed by atoms with Crippen LogP contribution in [0.1, 0.15) is 45.2 Å². The van der Waals surface area contributed by atoms with Crippen molar-refractivity contribution in [1.82, 2.24) is 5.32 Å². The minimum absolute atomic E-state index is 1.06. The molecule has 18 heavy (non-hydrogen) atoms. The van der Waals surface area contributed by atoms with Gasteiger partial charge < -0.3 is 5.32 Å². The van der Waals surface area contributed by atoms with Gasteiger partial charge in [0.05, 0.1) is 0 Å². The fourth-order valence-corrected chi connectivity index (χ4v) is 1.21. The van der Waals surface area contributed by atoms with E-state index >= 15 is 0 Å². The summed E-state index contributed by atoms with van der Waals surface area (Å²) in [5.41, 5.74) is 2.84. The van der Waals surface area contributed by atoms with Gasteiger partial charge in [-0.1, -0.05) is 58.0 Å². The fraction of sp³-hybridized carbons (Fsp3) is 0.529. The summed E-state index contributed by atoms with van der Waals surface area (Å²) >= 11 is 0. The van der Waals surface area contributed by atoms with E-state index in [-0.39, 0.29) is 0 Å². The van der Waals surface area contributed by atoms with E-state index in [0.29, 0.717) is 0 Å². The SMILES string of the molecule is C=CCC.CC.CCc1ccc(CCNC)cc1. The zero-order valence-corrected chi connectivity index (χ0v) is 12.9. The van der Waals surface area contributed by atoms with Crippen molar-refractivity contribution in [1.29, 1.82) is 0 Å². The van der Waals surface area contributed by atoms with Gasteiger partial charge in [0.1, 0.15) is 0 Å². The van der Waals surface area contributed by atoms with E-state index in [1.54, 1.807) is 0 Å². The molecule has 0 aliphatic rings. The number of hydrogen-bond acceptors (Lipinski definition) is 1. The summed E-state index contributed by atoms with van der Waals surface area (Å²) in [5, 5.41) is 3.14. The highest BCUT2D eigenvalue weighted by atomic mass is 14.8. The van der Waals surface area contributed by atoms with Crippen LogP contribution in [0.2, 0.25) is 0 Å². The summed E-state index contributed by atoms with van der Waals surface area (Å²) in [6, 6.07) is 8.86. The first-order chi connectivity index (χ1) is 8.78. The molecule has 1 rings (SSSR count). The Bertz CT molecular complexity index is 261. The maximum Gasteiger partial charge on any atom is -0.00114 e. The monoisotopic (exact) mass is 249 g/mol. The van der Waals surface area contributed by atoms with Crippen molar-refractivity contribution in [3.63, 3.8) is 0 Å². The van der Waals surface area contributed by atoms with E-state index in [4.69, 9.17) is 0 Å². The van der Waals surface area contributed by atoms with Gasteiger partial charge >= 0.3 is 0 Å². The van der Waals surface area contributed by atoms with Crippen molar-refractivity contribution >= 4 is 0 Å². The molecule has 0 saturated carbocycles. The Labute approximate surface area is 114 Å². The average Bonchev–Trinajstić information content (AvgIpc) is 2.48. The molecule has 0 aromatic heterocycles. The molecule has 0 unspecified atom stereocenters. The Kier molecular flexibility index (Phi) is 17.0. The van der Waals surface area contributed by atoms with Crippen LogP contribution in [-0.2, 0) is 12.8 Å². The minimum Gasteiger partial charge on any atom is -0.319 e. The molecule has 1 heteroatoms. The van der Waals surface area contributed by atoms with Crippen LogP contribution in [0.5, 0.6) is 0 Å². The van der Waals surface area contributed by atoms with Crippen molar-refractivity contribution in [2.45, 2.75) is 47.0 Å². The largest absolute Gasteiger partial charge is 0.319 e. The number of nitrogens with one attached hydrogen (secondary N) is 1. The van der Waals surface area contributed by atoms with Crippen LogP contribution in [0, 0.1) is 0 Å². The molecular weight excluding hydrogens is 218 g/mol. The Morgan fingerprint density at radius 1 is 1.06 bits per heavy atom. The van der Waals surface area contributed by atoms with Gasteiger partial charge in [0.2, 0.25) is 0 Å². The lowest BCUT2D eigenvalue weighted by Crippen LogP contribution is -2.10. The normalized spacial score (nSPS) is 8.50. The Morgan fingerprint density at radius 3 is 1.83 bits per heavy atom. The molecule has 1 aromatic rings. The van der Waals surface area contributed by atoms with Crippen molar-refractivity contribution < 1.29 is 0 Å². The molecule has 0 aliphatic heterocycles. The van der Waals surface area contributed by atoms with Gasteiger partial charge in [-0.3, -0.25) is 0 Å². The summed E-state index contributed by atoms with van der Waals surface area (Å²) in [6.07, 6.45) is 5.22. The number of hydrogen-bond donors (Lipinski definition) is 1. The second-order valence-corrected chi connectivity index (χ2v) is 3.72. The Balaban J connectivity index is 0. The molecule has 0 heterocycles. The third-order valence-corrected chi connectivity index (χ3v) is 2.38. The van der Waals surface area contributed by atoms with Crippen LogP contribution in [0.25, 0.3) is 0 Å². The van der Waals surface area contributed by atoms with Crippen LogP contribution in [0.4, 0.5) is 0 Å². The summed E-state index contributed by atoms with van der Waals surface area (Å²) in [7, 11) is 1.99. The number of benzene rings is 1. The molecule has 0 radical (unpaired) electrons. The van der Waals surface area contributed by atoms with Gasteiger partial charge in [-0.25, -0.2) is 0 Å². The van der Waals surface area contributed by atoms with Gasteiger partial charge in [0.25, 0.3) is 0 Å². The second kappa shape index (κ2) is 15.9. The molecule has 104 valence electrons. The molecule has 1 nitrogen and oxygen atoms in total. The third-order valence-electron chi connectivity index (χ3n) is 2.38. The first-order valence-corrected chi connectivity index (χ1v) is 7.11. The van der Waals surface area contributed by atoms with Crippen molar-refractivity contribution in [3.8, 4) is 0 Å². The summed E-state index contributed by atoms with van der Waals surface area (Å²) in [4.78, 5) is 0. The van der Waals surface area contributed by atoms with Gasteiger partial charge in [-0.15, -0.1) is 6.58 Å². The second-order valence-electron chi connectivity index (χ2n) is 3.72. The Morgan fingerprint density at radius 2 is 1.50 bits per heavy atom. The highest BCUT2D eigenvalue weighted by Crippen LogP contribution is 2.04. The average molecular weight is 249 g/mol. The summed E-state index contributed by atoms with van der Waals surface area (Å²) < 4.78 is 0. The van der Waals surface area contributed by atoms with Crippen molar-refractivity contribution in [3.05, 3.63) is 48.0 Å². The van der Waals surface area contributed by atoms with Gasteiger partial charge in [-0.2, -0.15) is 0 Å². The highest BCUT2D eigenvalue weighted by Gasteiger charge is 1.91. The van der Waals surface area contributed by atoms with Crippen LogP contribution in [0.15, 0.2) is 36.9 Å². The smallest absolute Gasteiger partial charge is 0.00114 e. The quantitative estimate of drug-likeness (QED) is 0.751. The topological polar surface area (TPSA) is 12.0 Å². The van der Waals surface area contributed by atoms with Crippen molar-refractivity contribution in [2.24, 2.45) is 0 Å². The molecule has 0 spiro atoms. The number of aryl methyl sites for hydroxylation is 1. The fourth-order valence-electron chi connectivity index (χ4n) is 1.21. The predicted octanol–water partition coefficient (Wildman–Crippen LogP) is 4.62. The van der Waals surface area contributed by atoms with Gasteiger partial charge in [0, 0.05) is 0 Å². The van der Waals surface area contributed by atoms with Gasteiger partial charge in [-0.05, 0) is 44.0 Å². The molecule has 0 atom stereocenters. The van der Waals surface area contributed by atoms with Crippen LogP contribution in [-0.4, -0.2) is 13.6 Å². The van der Waals surface area contributed by atoms with E-state index in [1.807, 2.05) is 27.0 Å². The molecule has 0 amide bonds. The first kappa shape index (κ1) is 19.3. The number of rotatable bonds is 5. The highest BCUT2D eigenvalue weighted by molar-refractivity contribution is 5.22. The third kappa shape index (κ3) is 11.4. The number of allylic oxidation sites excluding steroid dienone is 1. The van der Waals surface area contributed by atoms with Crippen LogP contribution < -0.4 is 5.32 Å². The lowest BCUT2D eigenvalue weighted by atomic mass is 10.1. The zero-order valence-electron chi connectivity index (χ0n) is 12.9. The number of likely N-dealkylation sites (N-methyl/N-ethyl adjacent to an activating group) is 1. The molecule has 0 saturated heterocycles. The van der Waals surface area contributed by atoms with Crippen molar-refractivity contribution in [2.75, 3.05) is 13.6 Å². The molecule has 0 aliphatic carbocycles. The van der Waals surface area contributed by atoms with E-state index in [1.165, 1.54) is 11.1 Å². The van der Waals surface area contributed by atoms with E-state index in [2.05, 4.69) is 50.0 Å².